The number of nitrogens with zero attached hydrogens (tertiary/aromatic N) is 5. The van der Waals surface area contributed by atoms with Crippen LogP contribution in [-0.4, -0.2) is 25.4 Å². The zero-order valence-corrected chi connectivity index (χ0v) is 12.5. The summed E-state index contributed by atoms with van der Waals surface area (Å²) >= 11 is 0. The lowest BCUT2D eigenvalue weighted by atomic mass is 10.3. The van der Waals surface area contributed by atoms with Crippen LogP contribution < -0.4 is 0 Å². The number of aromatic nitrogens is 2. The van der Waals surface area contributed by atoms with E-state index in [1.54, 1.807) is 0 Å². The minimum Gasteiger partial charge on any atom is -0.481 e. The van der Waals surface area contributed by atoms with Crippen LogP contribution in [0.25, 0.3) is 5.65 Å². The summed E-state index contributed by atoms with van der Waals surface area (Å²) in [5.41, 5.74) is 0.450. The number of fused-ring (bicyclic) bond motifs is 1. The normalized spacial score (nSPS) is 11.2. The minimum absolute atomic E-state index is 0.0448. The predicted molar refractivity (Wildman–Crippen MR) is 83.8 cm³/mol. The number of pyridine rings is 1. The van der Waals surface area contributed by atoms with Crippen molar-refractivity contribution in [2.45, 2.75) is 6.42 Å². The maximum Gasteiger partial charge on any atom is 0.309 e. The Bertz CT molecular complexity index is 1010. The number of carboxylic acid groups (broad SMARTS) is 1. The average molecular weight is 343 g/mol. The Balaban J connectivity index is 2.07. The molecule has 3 aromatic rings. The van der Waals surface area contributed by atoms with Crippen molar-refractivity contribution in [1.82, 2.24) is 9.38 Å². The molecule has 1 aromatic carbocycles. The number of nitro benzene ring substituents is 1. The van der Waals surface area contributed by atoms with Crippen molar-refractivity contribution < 1.29 is 19.2 Å². The number of aliphatic carboxylic acids is 1. The minimum atomic E-state index is -1.13. The van der Waals surface area contributed by atoms with Gasteiger partial charge in [-0.2, -0.15) is 0 Å². The number of rotatable bonds is 5. The molecule has 0 unspecified atom stereocenters. The molecular weight excluding hydrogens is 333 g/mol. The standard InChI is InChI=1S/C15H10FN5O4/c16-9-4-5-13-17-12(7-14(22)23)15(20(13)8-9)19-18-10-2-1-3-11(6-10)21(24)25/h1-6,8H,7H2,(H,22,23). The summed E-state index contributed by atoms with van der Waals surface area (Å²) in [6.45, 7) is 0. The molecule has 0 saturated heterocycles. The molecule has 126 valence electrons. The van der Waals surface area contributed by atoms with Gasteiger partial charge in [0.2, 0.25) is 0 Å². The van der Waals surface area contributed by atoms with E-state index in [9.17, 15) is 19.3 Å². The Morgan fingerprint density at radius 1 is 1.32 bits per heavy atom. The highest BCUT2D eigenvalue weighted by Crippen LogP contribution is 2.26. The van der Waals surface area contributed by atoms with Gasteiger partial charge in [-0.3, -0.25) is 19.3 Å². The molecule has 0 fully saturated rings. The van der Waals surface area contributed by atoms with Gasteiger partial charge in [-0.05, 0) is 18.2 Å². The first kappa shape index (κ1) is 16.2. The van der Waals surface area contributed by atoms with Gasteiger partial charge in [0, 0.05) is 18.3 Å². The average Bonchev–Trinajstić information content (AvgIpc) is 2.89. The Hall–Kier alpha value is -3.69. The van der Waals surface area contributed by atoms with E-state index in [0.29, 0.717) is 5.65 Å². The molecule has 0 amide bonds. The summed E-state index contributed by atoms with van der Waals surface area (Å²) in [6, 6.07) is 8.03. The lowest BCUT2D eigenvalue weighted by Gasteiger charge is -1.98. The fourth-order valence-corrected chi connectivity index (χ4v) is 2.20. The Labute approximate surface area is 139 Å². The van der Waals surface area contributed by atoms with E-state index in [0.717, 1.165) is 6.20 Å². The molecule has 0 bridgehead atoms. The zero-order chi connectivity index (χ0) is 18.0. The third kappa shape index (κ3) is 3.47. The van der Waals surface area contributed by atoms with Gasteiger partial charge in [-0.15, -0.1) is 10.2 Å². The van der Waals surface area contributed by atoms with E-state index in [1.165, 1.54) is 40.8 Å². The van der Waals surface area contributed by atoms with Crippen molar-refractivity contribution in [3.8, 4) is 0 Å². The Kier molecular flexibility index (Phi) is 4.16. The second-order valence-corrected chi connectivity index (χ2v) is 5.01. The molecule has 2 heterocycles. The molecule has 0 spiro atoms. The number of hydrogen-bond donors (Lipinski definition) is 1. The van der Waals surface area contributed by atoms with Crippen LogP contribution in [-0.2, 0) is 11.2 Å². The Morgan fingerprint density at radius 3 is 2.84 bits per heavy atom. The molecule has 25 heavy (non-hydrogen) atoms. The molecule has 3 rings (SSSR count). The second kappa shape index (κ2) is 6.43. The van der Waals surface area contributed by atoms with Crippen LogP contribution in [0.4, 0.5) is 21.6 Å². The number of azo groups is 1. The van der Waals surface area contributed by atoms with Gasteiger partial charge < -0.3 is 5.11 Å². The van der Waals surface area contributed by atoms with Crippen LogP contribution in [0.5, 0.6) is 0 Å². The number of halogens is 1. The van der Waals surface area contributed by atoms with Crippen molar-refractivity contribution in [3.63, 3.8) is 0 Å². The van der Waals surface area contributed by atoms with E-state index in [2.05, 4.69) is 15.2 Å². The topological polar surface area (TPSA) is 122 Å². The number of benzene rings is 1. The molecule has 0 radical (unpaired) electrons. The summed E-state index contributed by atoms with van der Waals surface area (Å²) < 4.78 is 14.8. The second-order valence-electron chi connectivity index (χ2n) is 5.01. The summed E-state index contributed by atoms with van der Waals surface area (Å²) in [6.07, 6.45) is 0.683. The van der Waals surface area contributed by atoms with Crippen LogP contribution in [0.2, 0.25) is 0 Å². The third-order valence-electron chi connectivity index (χ3n) is 3.25. The monoisotopic (exact) mass is 343 g/mol. The van der Waals surface area contributed by atoms with Gasteiger partial charge in [-0.1, -0.05) is 6.07 Å². The highest BCUT2D eigenvalue weighted by Gasteiger charge is 2.15. The maximum atomic E-state index is 13.5. The summed E-state index contributed by atoms with van der Waals surface area (Å²) in [5.74, 6) is -1.64. The summed E-state index contributed by atoms with van der Waals surface area (Å²) in [5, 5.41) is 27.6. The fourth-order valence-electron chi connectivity index (χ4n) is 2.20. The number of carboxylic acids is 1. The van der Waals surface area contributed by atoms with Crippen molar-refractivity contribution in [1.29, 1.82) is 0 Å². The van der Waals surface area contributed by atoms with Gasteiger partial charge in [0.15, 0.2) is 5.82 Å². The molecule has 1 N–H and O–H groups in total. The van der Waals surface area contributed by atoms with E-state index >= 15 is 0 Å². The Morgan fingerprint density at radius 2 is 2.12 bits per heavy atom. The lowest BCUT2D eigenvalue weighted by molar-refractivity contribution is -0.384. The molecule has 0 aliphatic heterocycles. The van der Waals surface area contributed by atoms with Crippen molar-refractivity contribution in [2.24, 2.45) is 10.2 Å². The van der Waals surface area contributed by atoms with Gasteiger partial charge in [0.25, 0.3) is 5.69 Å². The van der Waals surface area contributed by atoms with Gasteiger partial charge in [-0.25, -0.2) is 9.37 Å². The predicted octanol–water partition coefficient (Wildman–Crippen LogP) is 3.42. The molecule has 0 aliphatic rings. The fraction of sp³-hybridized carbons (Fsp3) is 0.0667. The lowest BCUT2D eigenvalue weighted by Crippen LogP contribution is -2.00. The number of imidazole rings is 1. The zero-order valence-electron chi connectivity index (χ0n) is 12.5. The highest BCUT2D eigenvalue weighted by molar-refractivity contribution is 5.72. The van der Waals surface area contributed by atoms with Crippen molar-refractivity contribution in [3.05, 3.63) is 64.2 Å². The van der Waals surface area contributed by atoms with Crippen LogP contribution >= 0.6 is 0 Å². The van der Waals surface area contributed by atoms with Crippen LogP contribution in [0, 0.1) is 15.9 Å². The third-order valence-corrected chi connectivity index (χ3v) is 3.25. The molecule has 0 saturated carbocycles. The maximum absolute atomic E-state index is 13.5. The molecule has 9 nitrogen and oxygen atoms in total. The molecule has 2 aromatic heterocycles. The van der Waals surface area contributed by atoms with Crippen LogP contribution in [0.3, 0.4) is 0 Å². The number of nitro groups is 1. The molecule has 10 heteroatoms. The van der Waals surface area contributed by atoms with Crippen LogP contribution in [0.1, 0.15) is 5.69 Å². The summed E-state index contributed by atoms with van der Waals surface area (Å²) in [4.78, 5) is 25.3. The van der Waals surface area contributed by atoms with Gasteiger partial charge in [0.1, 0.15) is 11.5 Å². The van der Waals surface area contributed by atoms with E-state index < -0.39 is 23.1 Å². The quantitative estimate of drug-likeness (QED) is 0.432. The first-order valence-electron chi connectivity index (χ1n) is 6.98. The van der Waals surface area contributed by atoms with Crippen molar-refractivity contribution >= 4 is 28.8 Å². The van der Waals surface area contributed by atoms with Crippen molar-refractivity contribution in [2.75, 3.05) is 0 Å². The number of non-ortho nitro benzene ring substituents is 1. The van der Waals surface area contributed by atoms with Gasteiger partial charge in [0.05, 0.1) is 22.7 Å². The van der Waals surface area contributed by atoms with E-state index in [1.807, 2.05) is 0 Å². The van der Waals surface area contributed by atoms with E-state index in [4.69, 9.17) is 5.11 Å². The van der Waals surface area contributed by atoms with Gasteiger partial charge >= 0.3 is 5.97 Å². The molecular formula is C15H10FN5O4. The highest BCUT2D eigenvalue weighted by atomic mass is 19.1. The molecule has 0 aliphatic carbocycles. The number of carbonyl (C=O) groups is 1. The molecule has 0 atom stereocenters. The van der Waals surface area contributed by atoms with E-state index in [-0.39, 0.29) is 22.9 Å². The summed E-state index contributed by atoms with van der Waals surface area (Å²) in [7, 11) is 0. The SMILES string of the molecule is O=C(O)Cc1nc2ccc(F)cn2c1N=Nc1cccc([N+](=O)[O-])c1. The number of hydrogen-bond acceptors (Lipinski definition) is 6. The first-order chi connectivity index (χ1) is 11.9. The smallest absolute Gasteiger partial charge is 0.309 e. The van der Waals surface area contributed by atoms with Crippen LogP contribution in [0.15, 0.2) is 52.8 Å². The largest absolute Gasteiger partial charge is 0.481 e. The first-order valence-corrected chi connectivity index (χ1v) is 6.98.